The zero-order valence-electron chi connectivity index (χ0n) is 25.4. The number of benzene rings is 1. The molecule has 0 radical (unpaired) electrons. The number of aromatic hydroxyl groups is 1. The van der Waals surface area contributed by atoms with Gasteiger partial charge in [-0.3, -0.25) is 14.9 Å². The molecule has 3 aliphatic carbocycles. The number of amides is 2. The molecule has 0 bridgehead atoms. The van der Waals surface area contributed by atoms with E-state index in [0.717, 1.165) is 16.8 Å². The minimum atomic E-state index is -1.66. The molecule has 6 rings (SSSR count). The van der Waals surface area contributed by atoms with Crippen LogP contribution in [0.2, 0.25) is 0 Å². The number of carbonyl (C=O) groups excluding carboxylic acids is 2. The van der Waals surface area contributed by atoms with E-state index in [4.69, 9.17) is 18.9 Å². The quantitative estimate of drug-likeness (QED) is 0.488. The van der Waals surface area contributed by atoms with E-state index in [9.17, 15) is 19.8 Å². The van der Waals surface area contributed by atoms with Crippen LogP contribution in [0.15, 0.2) is 34.6 Å². The molecule has 0 aromatic heterocycles. The Bertz CT molecular complexity index is 1400. The first-order valence-electron chi connectivity index (χ1n) is 14.5. The third kappa shape index (κ3) is 3.64. The summed E-state index contributed by atoms with van der Waals surface area (Å²) in [7, 11) is 7.81. The molecule has 2 spiro atoms. The van der Waals surface area contributed by atoms with Crippen LogP contribution in [-0.2, 0) is 40.7 Å². The van der Waals surface area contributed by atoms with Gasteiger partial charge in [-0.1, -0.05) is 0 Å². The number of ether oxygens (including phenoxy) is 4. The molecule has 42 heavy (non-hydrogen) atoms. The second-order valence-electron chi connectivity index (χ2n) is 12.7. The zero-order valence-corrected chi connectivity index (χ0v) is 25.4. The first-order valence-corrected chi connectivity index (χ1v) is 14.5. The number of aliphatic hydroxyl groups excluding tert-OH is 1. The molecule has 1 aromatic rings. The summed E-state index contributed by atoms with van der Waals surface area (Å²) in [5.74, 6) is -4.75. The molecule has 2 fully saturated rings. The molecule has 1 aromatic carbocycles. The SMILES string of the molecule is CC(=O)NC(=O)C1=C(C)[C@@H](N(C)C)[C@@H]2C[C@@H]3Cc4c(N(C)C)ccc(O)c4C4(OCCO4)C3=C(O)[C@]2(C)C12OCCO2. The Labute approximate surface area is 246 Å². The van der Waals surface area contributed by atoms with Gasteiger partial charge < -0.3 is 39.0 Å². The van der Waals surface area contributed by atoms with Crippen LogP contribution in [0, 0.1) is 17.3 Å². The number of aliphatic hydroxyl groups is 1. The standard InChI is InChI=1S/C31H41N3O8/c1-16-23(28(38)32-17(2)35)31(41-12-13-42-31)29(3)20(26(16)34(6)7)15-18-14-19-21(33(4)5)8-9-22(36)25(19)30(24(18)27(29)37)39-10-11-40-30/h8-9,18,20,26,36-37H,10-15H2,1-7H3,(H,32,35,38)/t18-,20-,26+,29+/m0/s1. The summed E-state index contributed by atoms with van der Waals surface area (Å²) in [5, 5.41) is 26.4. The highest BCUT2D eigenvalue weighted by Crippen LogP contribution is 2.67. The number of phenolic OH excluding ortho intramolecular Hbond substituents is 1. The maximum absolute atomic E-state index is 13.8. The Kier molecular flexibility index (Phi) is 6.78. The second kappa shape index (κ2) is 9.78. The number of rotatable bonds is 3. The number of likely N-dealkylation sites (N-methyl/N-ethyl adjacent to an activating group) is 1. The third-order valence-corrected chi connectivity index (χ3v) is 10.0. The Hall–Kier alpha value is -2.96. The zero-order chi connectivity index (χ0) is 30.4. The van der Waals surface area contributed by atoms with Crippen LogP contribution in [0.1, 0.15) is 38.3 Å². The highest BCUT2D eigenvalue weighted by molar-refractivity contribution is 6.05. The molecule has 3 N–H and O–H groups in total. The van der Waals surface area contributed by atoms with Crippen LogP contribution in [-0.4, -0.2) is 93.4 Å². The maximum atomic E-state index is 13.8. The second-order valence-corrected chi connectivity index (χ2v) is 12.7. The summed E-state index contributed by atoms with van der Waals surface area (Å²) in [4.78, 5) is 29.9. The molecule has 2 amide bonds. The minimum Gasteiger partial charge on any atom is -0.511 e. The average Bonchev–Trinajstić information content (AvgIpc) is 3.57. The van der Waals surface area contributed by atoms with Crippen molar-refractivity contribution in [3.05, 3.63) is 45.7 Å². The van der Waals surface area contributed by atoms with Crippen molar-refractivity contribution in [2.24, 2.45) is 17.3 Å². The van der Waals surface area contributed by atoms with Crippen LogP contribution < -0.4 is 10.2 Å². The van der Waals surface area contributed by atoms with Gasteiger partial charge in [0.15, 0.2) is 0 Å². The summed E-state index contributed by atoms with van der Waals surface area (Å²) in [5.41, 5.74) is 2.52. The van der Waals surface area contributed by atoms with Gasteiger partial charge in [0.2, 0.25) is 17.5 Å². The first-order chi connectivity index (χ1) is 19.8. The van der Waals surface area contributed by atoms with Crippen molar-refractivity contribution in [1.82, 2.24) is 10.2 Å². The number of fused-ring (bicyclic) bond motifs is 6. The molecule has 2 heterocycles. The van der Waals surface area contributed by atoms with Crippen LogP contribution in [0.3, 0.4) is 0 Å². The molecule has 2 aliphatic heterocycles. The van der Waals surface area contributed by atoms with Crippen LogP contribution in [0.4, 0.5) is 5.69 Å². The lowest BCUT2D eigenvalue weighted by Crippen LogP contribution is -2.67. The lowest BCUT2D eigenvalue weighted by atomic mass is 9.50. The molecular weight excluding hydrogens is 542 g/mol. The van der Waals surface area contributed by atoms with E-state index >= 15 is 0 Å². The van der Waals surface area contributed by atoms with Gasteiger partial charge in [0, 0.05) is 38.3 Å². The Morgan fingerprint density at radius 2 is 1.62 bits per heavy atom. The van der Waals surface area contributed by atoms with Gasteiger partial charge in [-0.2, -0.15) is 0 Å². The summed E-state index contributed by atoms with van der Waals surface area (Å²) in [6, 6.07) is 3.24. The van der Waals surface area contributed by atoms with E-state index in [1.165, 1.54) is 6.92 Å². The molecule has 4 atom stereocenters. The Morgan fingerprint density at radius 1 is 1.00 bits per heavy atom. The fourth-order valence-corrected chi connectivity index (χ4v) is 8.60. The van der Waals surface area contributed by atoms with Gasteiger partial charge in [-0.25, -0.2) is 0 Å². The molecular formula is C31H41N3O8. The lowest BCUT2D eigenvalue weighted by molar-refractivity contribution is -0.241. The van der Waals surface area contributed by atoms with Gasteiger partial charge in [-0.05, 0) is 75.9 Å². The van der Waals surface area contributed by atoms with Crippen LogP contribution >= 0.6 is 0 Å². The average molecular weight is 584 g/mol. The van der Waals surface area contributed by atoms with Gasteiger partial charge in [-0.15, -0.1) is 0 Å². The van der Waals surface area contributed by atoms with Crippen LogP contribution in [0.25, 0.3) is 0 Å². The molecule has 5 aliphatic rings. The van der Waals surface area contributed by atoms with Crippen molar-refractivity contribution < 1.29 is 38.7 Å². The Balaban J connectivity index is 1.66. The number of anilines is 1. The summed E-state index contributed by atoms with van der Waals surface area (Å²) < 4.78 is 25.7. The number of hydrogen-bond donors (Lipinski definition) is 3. The highest BCUT2D eigenvalue weighted by atomic mass is 16.7. The van der Waals surface area contributed by atoms with Crippen molar-refractivity contribution in [2.75, 3.05) is 59.5 Å². The number of carbonyl (C=O) groups is 2. The number of nitrogens with zero attached hydrogens (tertiary/aromatic N) is 2. The maximum Gasteiger partial charge on any atom is 0.259 e. The van der Waals surface area contributed by atoms with E-state index in [1.807, 2.05) is 57.9 Å². The fourth-order valence-electron chi connectivity index (χ4n) is 8.60. The highest BCUT2D eigenvalue weighted by Gasteiger charge is 2.72. The van der Waals surface area contributed by atoms with Gasteiger partial charge in [0.05, 0.1) is 43.0 Å². The van der Waals surface area contributed by atoms with E-state index in [1.54, 1.807) is 6.07 Å². The van der Waals surface area contributed by atoms with E-state index in [-0.39, 0.29) is 61.4 Å². The smallest absolute Gasteiger partial charge is 0.259 e. The van der Waals surface area contributed by atoms with Crippen molar-refractivity contribution in [1.29, 1.82) is 0 Å². The van der Waals surface area contributed by atoms with Gasteiger partial charge in [0.25, 0.3) is 5.91 Å². The van der Waals surface area contributed by atoms with Gasteiger partial charge in [0.1, 0.15) is 11.5 Å². The number of hydrogen-bond acceptors (Lipinski definition) is 10. The lowest BCUT2D eigenvalue weighted by Gasteiger charge is -2.60. The summed E-state index contributed by atoms with van der Waals surface area (Å²) >= 11 is 0. The van der Waals surface area contributed by atoms with E-state index in [0.29, 0.717) is 24.0 Å². The Morgan fingerprint density at radius 3 is 2.19 bits per heavy atom. The molecule has 11 nitrogen and oxygen atoms in total. The van der Waals surface area contributed by atoms with Crippen molar-refractivity contribution >= 4 is 17.5 Å². The van der Waals surface area contributed by atoms with Gasteiger partial charge >= 0.3 is 0 Å². The summed E-state index contributed by atoms with van der Waals surface area (Å²) in [6.45, 7) is 6.00. The van der Waals surface area contributed by atoms with Crippen LogP contribution in [0.5, 0.6) is 5.75 Å². The molecule has 0 unspecified atom stereocenters. The fraction of sp³-hybridized carbons (Fsp3) is 0.613. The number of imide groups is 1. The van der Waals surface area contributed by atoms with E-state index in [2.05, 4.69) is 5.32 Å². The topological polar surface area (TPSA) is 130 Å². The summed E-state index contributed by atoms with van der Waals surface area (Å²) in [6.07, 6.45) is 1.15. The van der Waals surface area contributed by atoms with Crippen molar-refractivity contribution in [2.45, 2.75) is 51.2 Å². The monoisotopic (exact) mass is 583 g/mol. The minimum absolute atomic E-state index is 0.0266. The largest absolute Gasteiger partial charge is 0.511 e. The van der Waals surface area contributed by atoms with E-state index < -0.39 is 28.8 Å². The third-order valence-electron chi connectivity index (χ3n) is 10.0. The number of phenols is 1. The normalized spacial score (nSPS) is 30.9. The molecule has 228 valence electrons. The molecule has 11 heteroatoms. The molecule has 2 saturated heterocycles. The predicted octanol–water partition coefficient (Wildman–Crippen LogP) is 2.33. The first kappa shape index (κ1) is 29.1. The van der Waals surface area contributed by atoms with Crippen molar-refractivity contribution in [3.63, 3.8) is 0 Å². The predicted molar refractivity (Wildman–Crippen MR) is 153 cm³/mol. The van der Waals surface area contributed by atoms with Crippen molar-refractivity contribution in [3.8, 4) is 5.75 Å². The number of nitrogens with one attached hydrogen (secondary N) is 1. The molecule has 0 saturated carbocycles.